The molecule has 1 fully saturated rings. The number of amides is 2. The van der Waals surface area contributed by atoms with Crippen LogP contribution in [-0.2, 0) is 21.5 Å². The van der Waals surface area contributed by atoms with Crippen LogP contribution in [0.2, 0.25) is 0 Å². The zero-order valence-electron chi connectivity index (χ0n) is 22.3. The molecule has 4 rings (SSSR count). The smallest absolute Gasteiger partial charge is 0.253 e. The fourth-order valence-corrected chi connectivity index (χ4v) is 4.79. The van der Waals surface area contributed by atoms with E-state index in [0.29, 0.717) is 44.8 Å². The highest BCUT2D eigenvalue weighted by molar-refractivity contribution is 5.93. The number of ether oxygens (including phenoxy) is 1. The third-order valence-electron chi connectivity index (χ3n) is 7.20. The molecule has 2 heterocycles. The summed E-state index contributed by atoms with van der Waals surface area (Å²) in [4.78, 5) is 30.6. The summed E-state index contributed by atoms with van der Waals surface area (Å²) in [7, 11) is 0. The number of carbonyl (C=O) groups excluding carboxylic acids is 2. The minimum absolute atomic E-state index is 0.129. The van der Waals surface area contributed by atoms with Gasteiger partial charge in [-0.05, 0) is 59.2 Å². The molecule has 0 aliphatic carbocycles. The summed E-state index contributed by atoms with van der Waals surface area (Å²) < 4.78 is 5.32. The van der Waals surface area contributed by atoms with Crippen molar-refractivity contribution in [1.29, 1.82) is 0 Å². The molecule has 2 amide bonds. The highest BCUT2D eigenvalue weighted by Crippen LogP contribution is 2.36. The maximum atomic E-state index is 12.4. The Morgan fingerprint density at radius 3 is 2.61 bits per heavy atom. The first-order valence-corrected chi connectivity index (χ1v) is 13.3. The number of phenols is 1. The number of benzene rings is 2. The van der Waals surface area contributed by atoms with Gasteiger partial charge in [0.05, 0.1) is 18.8 Å². The van der Waals surface area contributed by atoms with Gasteiger partial charge in [-0.3, -0.25) is 14.6 Å². The number of phenolic OH excluding ortho intramolecular Hbond substituents is 1. The molecule has 0 bridgehead atoms. The van der Waals surface area contributed by atoms with Crippen molar-refractivity contribution in [2.75, 3.05) is 26.3 Å². The quantitative estimate of drug-likeness (QED) is 0.368. The second kappa shape index (κ2) is 12.7. The summed E-state index contributed by atoms with van der Waals surface area (Å²) in [5.74, 6) is 0.269. The molecule has 0 unspecified atom stereocenters. The van der Waals surface area contributed by atoms with Gasteiger partial charge >= 0.3 is 0 Å². The van der Waals surface area contributed by atoms with E-state index >= 15 is 0 Å². The molecular weight excluding hydrogens is 478 g/mol. The maximum absolute atomic E-state index is 12.4. The van der Waals surface area contributed by atoms with Crippen molar-refractivity contribution in [1.82, 2.24) is 15.2 Å². The van der Waals surface area contributed by atoms with Gasteiger partial charge in [-0.1, -0.05) is 50.6 Å². The molecule has 38 heavy (non-hydrogen) atoms. The van der Waals surface area contributed by atoms with Gasteiger partial charge in [-0.25, -0.2) is 0 Å². The highest BCUT2D eigenvalue weighted by Gasteiger charge is 2.22. The number of rotatable bonds is 10. The lowest BCUT2D eigenvalue weighted by Crippen LogP contribution is -2.40. The van der Waals surface area contributed by atoms with Gasteiger partial charge in [0, 0.05) is 44.0 Å². The van der Waals surface area contributed by atoms with Crippen molar-refractivity contribution in [3.05, 3.63) is 83.7 Å². The van der Waals surface area contributed by atoms with Gasteiger partial charge in [0.25, 0.3) is 5.91 Å². The van der Waals surface area contributed by atoms with E-state index in [9.17, 15) is 14.7 Å². The predicted octanol–water partition coefficient (Wildman–Crippen LogP) is 5.08. The Morgan fingerprint density at radius 2 is 1.87 bits per heavy atom. The van der Waals surface area contributed by atoms with Crippen LogP contribution in [0, 0.1) is 0 Å². The number of morpholine rings is 1. The molecular formula is C31H37N3O4. The lowest BCUT2D eigenvalue weighted by atomic mass is 9.79. The lowest BCUT2D eigenvalue weighted by Gasteiger charge is -2.28. The molecule has 3 aromatic rings. The molecule has 1 aromatic heterocycles. The van der Waals surface area contributed by atoms with Crippen LogP contribution < -0.4 is 5.32 Å². The number of nitrogens with one attached hydrogen (secondary N) is 1. The second-order valence-corrected chi connectivity index (χ2v) is 10.4. The van der Waals surface area contributed by atoms with E-state index < -0.39 is 0 Å². The first-order chi connectivity index (χ1) is 18.3. The molecule has 200 valence electrons. The van der Waals surface area contributed by atoms with E-state index in [1.807, 2.05) is 41.3 Å². The average Bonchev–Trinajstić information content (AvgIpc) is 2.95. The number of hydrogen-bond donors (Lipinski definition) is 2. The first kappa shape index (κ1) is 27.3. The van der Waals surface area contributed by atoms with Crippen molar-refractivity contribution in [2.24, 2.45) is 0 Å². The van der Waals surface area contributed by atoms with Crippen LogP contribution in [0.3, 0.4) is 0 Å². The minimum atomic E-state index is -0.177. The van der Waals surface area contributed by atoms with Gasteiger partial charge in [-0.2, -0.15) is 0 Å². The normalized spacial score (nSPS) is 13.8. The summed E-state index contributed by atoms with van der Waals surface area (Å²) in [5.41, 5.74) is 4.04. The van der Waals surface area contributed by atoms with Crippen LogP contribution in [0.15, 0.2) is 67.0 Å². The van der Waals surface area contributed by atoms with E-state index in [1.54, 1.807) is 18.3 Å². The Balaban J connectivity index is 1.33. The molecule has 7 nitrogen and oxygen atoms in total. The molecule has 1 aliphatic rings. The van der Waals surface area contributed by atoms with Crippen LogP contribution >= 0.6 is 0 Å². The summed E-state index contributed by atoms with van der Waals surface area (Å²) in [6.45, 7) is 7.38. The molecule has 0 spiro atoms. The number of nitrogens with zero attached hydrogens (tertiary/aromatic N) is 2. The Bertz CT molecular complexity index is 1240. The third kappa shape index (κ3) is 7.19. The number of carbonyl (C=O) groups is 2. The number of aromatic nitrogens is 1. The van der Waals surface area contributed by atoms with Crippen molar-refractivity contribution < 1.29 is 19.4 Å². The van der Waals surface area contributed by atoms with E-state index in [2.05, 4.69) is 30.2 Å². The molecule has 2 aromatic carbocycles. The van der Waals surface area contributed by atoms with E-state index in [0.717, 1.165) is 41.5 Å². The van der Waals surface area contributed by atoms with E-state index in [1.165, 1.54) is 6.20 Å². The van der Waals surface area contributed by atoms with Gasteiger partial charge in [0.2, 0.25) is 5.91 Å². The fourth-order valence-electron chi connectivity index (χ4n) is 4.79. The monoisotopic (exact) mass is 515 g/mol. The predicted molar refractivity (Wildman–Crippen MR) is 148 cm³/mol. The largest absolute Gasteiger partial charge is 0.507 e. The van der Waals surface area contributed by atoms with Crippen molar-refractivity contribution >= 4 is 11.8 Å². The van der Waals surface area contributed by atoms with Crippen molar-refractivity contribution in [3.63, 3.8) is 0 Å². The Morgan fingerprint density at radius 1 is 1.05 bits per heavy atom. The molecule has 0 radical (unpaired) electrons. The zero-order valence-corrected chi connectivity index (χ0v) is 22.3. The third-order valence-corrected chi connectivity index (χ3v) is 7.20. The number of pyridine rings is 1. The molecule has 1 saturated heterocycles. The van der Waals surface area contributed by atoms with Crippen LogP contribution in [-0.4, -0.2) is 53.1 Å². The Labute approximate surface area is 224 Å². The fraction of sp³-hybridized carbons (Fsp3) is 0.387. The number of hydrogen-bond acceptors (Lipinski definition) is 5. The van der Waals surface area contributed by atoms with Crippen LogP contribution in [0.1, 0.15) is 61.0 Å². The topological polar surface area (TPSA) is 91.8 Å². The van der Waals surface area contributed by atoms with E-state index in [4.69, 9.17) is 4.74 Å². The van der Waals surface area contributed by atoms with E-state index in [-0.39, 0.29) is 23.0 Å². The summed E-state index contributed by atoms with van der Waals surface area (Å²) in [6.07, 6.45) is 6.47. The maximum Gasteiger partial charge on any atom is 0.253 e. The van der Waals surface area contributed by atoms with Gasteiger partial charge in [0.1, 0.15) is 5.75 Å². The Kier molecular flexibility index (Phi) is 9.13. The molecule has 2 N–H and O–H groups in total. The number of aromatic hydroxyl groups is 1. The second-order valence-electron chi connectivity index (χ2n) is 10.4. The van der Waals surface area contributed by atoms with Crippen LogP contribution in [0.4, 0.5) is 0 Å². The lowest BCUT2D eigenvalue weighted by molar-refractivity contribution is -0.135. The van der Waals surface area contributed by atoms with Gasteiger partial charge < -0.3 is 20.1 Å². The molecule has 0 saturated carbocycles. The molecule has 7 heteroatoms. The highest BCUT2D eigenvalue weighted by atomic mass is 16.5. The minimum Gasteiger partial charge on any atom is -0.507 e. The van der Waals surface area contributed by atoms with Crippen LogP contribution in [0.25, 0.3) is 11.1 Å². The van der Waals surface area contributed by atoms with Crippen LogP contribution in [0.5, 0.6) is 5.75 Å². The zero-order chi connectivity index (χ0) is 27.0. The summed E-state index contributed by atoms with van der Waals surface area (Å²) in [6, 6.07) is 17.2. The van der Waals surface area contributed by atoms with Crippen molar-refractivity contribution in [2.45, 2.75) is 51.5 Å². The van der Waals surface area contributed by atoms with Crippen molar-refractivity contribution in [3.8, 4) is 16.9 Å². The standard InChI is InChI=1S/C31H37N3O4/c1-31(2,13-4-3-10-29(36)34-15-17-38-18-16-34)26-11-12-27(28(35)20-26)24-8-5-7-23(19-24)21-33-30(37)25-9-6-14-32-22-25/h5-9,11-12,14,19-20,22,35H,3-4,10,13,15-18,21H2,1-2H3,(H,33,37). The average molecular weight is 516 g/mol. The summed E-state index contributed by atoms with van der Waals surface area (Å²) in [5, 5.41) is 13.8. The molecule has 0 atom stereocenters. The first-order valence-electron chi connectivity index (χ1n) is 13.3. The Hall–Kier alpha value is -3.71. The van der Waals surface area contributed by atoms with Gasteiger partial charge in [-0.15, -0.1) is 0 Å². The molecule has 1 aliphatic heterocycles. The summed E-state index contributed by atoms with van der Waals surface area (Å²) >= 11 is 0. The van der Waals surface area contributed by atoms with Gasteiger partial charge in [0.15, 0.2) is 0 Å². The SMILES string of the molecule is CC(C)(CCCCC(=O)N1CCOCC1)c1ccc(-c2cccc(CNC(=O)c3cccnc3)c2)c(O)c1. The number of unbranched alkanes of at least 4 members (excludes halogenated alkanes) is 1.